The van der Waals surface area contributed by atoms with Crippen molar-refractivity contribution >= 4 is 0 Å². The number of nitrogens with one attached hydrogen (secondary N) is 1. The van der Waals surface area contributed by atoms with Crippen molar-refractivity contribution in [3.05, 3.63) is 12.2 Å². The molecule has 1 atom stereocenters. The predicted octanol–water partition coefficient (Wildman–Crippen LogP) is 1.56. The van der Waals surface area contributed by atoms with E-state index in [1.165, 1.54) is 5.57 Å². The van der Waals surface area contributed by atoms with E-state index < -0.39 is 0 Å². The third-order valence-corrected chi connectivity index (χ3v) is 1.96. The van der Waals surface area contributed by atoms with Gasteiger partial charge in [-0.3, -0.25) is 0 Å². The van der Waals surface area contributed by atoms with E-state index in [9.17, 15) is 0 Å². The molecule has 0 radical (unpaired) electrons. The number of hydrogen-bond acceptors (Lipinski definition) is 2. The standard InChI is InChI=1S/C10H21NO/c1-8(2)5-6-11-10(7-12)9(3)4/h9-12H,1,5-7H2,2-4H3/t10-/m1/s1. The van der Waals surface area contributed by atoms with Crippen LogP contribution in [0.1, 0.15) is 27.2 Å². The molecule has 0 aliphatic heterocycles. The van der Waals surface area contributed by atoms with Crippen molar-refractivity contribution in [2.75, 3.05) is 13.2 Å². The smallest absolute Gasteiger partial charge is 0.0587 e. The zero-order valence-corrected chi connectivity index (χ0v) is 8.43. The van der Waals surface area contributed by atoms with Crippen LogP contribution in [0.3, 0.4) is 0 Å². The van der Waals surface area contributed by atoms with Crippen LogP contribution in [0.5, 0.6) is 0 Å². The van der Waals surface area contributed by atoms with Gasteiger partial charge in [-0.15, -0.1) is 6.58 Å². The topological polar surface area (TPSA) is 32.3 Å². The average Bonchev–Trinajstić information content (AvgIpc) is 1.96. The Bertz CT molecular complexity index is 132. The molecule has 0 aromatic heterocycles. The first-order chi connectivity index (χ1) is 5.57. The Morgan fingerprint density at radius 2 is 2.08 bits per heavy atom. The summed E-state index contributed by atoms with van der Waals surface area (Å²) in [5, 5.41) is 12.3. The number of hydrogen-bond donors (Lipinski definition) is 2. The summed E-state index contributed by atoms with van der Waals surface area (Å²) in [7, 11) is 0. The molecule has 0 aromatic rings. The molecule has 0 heterocycles. The highest BCUT2D eigenvalue weighted by Gasteiger charge is 2.09. The van der Waals surface area contributed by atoms with Crippen LogP contribution >= 0.6 is 0 Å². The fourth-order valence-electron chi connectivity index (χ4n) is 0.982. The Morgan fingerprint density at radius 3 is 2.42 bits per heavy atom. The van der Waals surface area contributed by atoms with E-state index in [-0.39, 0.29) is 12.6 Å². The van der Waals surface area contributed by atoms with E-state index in [2.05, 4.69) is 25.7 Å². The number of aliphatic hydroxyl groups is 1. The molecule has 0 aliphatic carbocycles. The molecule has 0 aromatic carbocycles. The highest BCUT2D eigenvalue weighted by molar-refractivity contribution is 4.88. The predicted molar refractivity (Wildman–Crippen MR) is 53.1 cm³/mol. The molecule has 0 unspecified atom stereocenters. The molecule has 72 valence electrons. The minimum Gasteiger partial charge on any atom is -0.395 e. The van der Waals surface area contributed by atoms with Gasteiger partial charge in [-0.05, 0) is 25.8 Å². The maximum Gasteiger partial charge on any atom is 0.0587 e. The average molecular weight is 171 g/mol. The zero-order valence-electron chi connectivity index (χ0n) is 8.43. The summed E-state index contributed by atoms with van der Waals surface area (Å²) in [6, 6.07) is 0.226. The highest BCUT2D eigenvalue weighted by Crippen LogP contribution is 2.01. The van der Waals surface area contributed by atoms with Gasteiger partial charge >= 0.3 is 0 Å². The molecule has 2 heteroatoms. The zero-order chi connectivity index (χ0) is 9.56. The second-order valence-corrected chi connectivity index (χ2v) is 3.69. The normalized spacial score (nSPS) is 13.4. The van der Waals surface area contributed by atoms with Gasteiger partial charge in [0, 0.05) is 6.04 Å². The molecule has 0 rings (SSSR count). The van der Waals surface area contributed by atoms with Crippen molar-refractivity contribution < 1.29 is 5.11 Å². The Morgan fingerprint density at radius 1 is 1.50 bits per heavy atom. The lowest BCUT2D eigenvalue weighted by molar-refractivity contribution is 0.212. The van der Waals surface area contributed by atoms with Gasteiger partial charge in [-0.25, -0.2) is 0 Å². The van der Waals surface area contributed by atoms with Gasteiger partial charge in [0.2, 0.25) is 0 Å². The van der Waals surface area contributed by atoms with Gasteiger partial charge in [0.15, 0.2) is 0 Å². The van der Waals surface area contributed by atoms with Crippen molar-refractivity contribution in [2.24, 2.45) is 5.92 Å². The lowest BCUT2D eigenvalue weighted by Gasteiger charge is -2.19. The van der Waals surface area contributed by atoms with E-state index in [1.54, 1.807) is 0 Å². The molecule has 2 nitrogen and oxygen atoms in total. The highest BCUT2D eigenvalue weighted by atomic mass is 16.3. The minimum atomic E-state index is 0.216. The summed E-state index contributed by atoms with van der Waals surface area (Å²) < 4.78 is 0. The van der Waals surface area contributed by atoms with Crippen LogP contribution in [-0.2, 0) is 0 Å². The molecular formula is C10H21NO. The van der Waals surface area contributed by atoms with Crippen molar-refractivity contribution in [1.29, 1.82) is 0 Å². The van der Waals surface area contributed by atoms with Crippen LogP contribution in [-0.4, -0.2) is 24.3 Å². The molecular weight excluding hydrogens is 150 g/mol. The van der Waals surface area contributed by atoms with E-state index in [4.69, 9.17) is 5.11 Å². The summed E-state index contributed by atoms with van der Waals surface area (Å²) in [5.74, 6) is 0.486. The van der Waals surface area contributed by atoms with Gasteiger partial charge in [0.05, 0.1) is 6.61 Å². The minimum absolute atomic E-state index is 0.216. The largest absolute Gasteiger partial charge is 0.395 e. The summed E-state index contributed by atoms with van der Waals surface area (Å²) in [6.07, 6.45) is 0.989. The molecule has 0 saturated carbocycles. The second kappa shape index (κ2) is 6.21. The van der Waals surface area contributed by atoms with Crippen molar-refractivity contribution in [2.45, 2.75) is 33.2 Å². The first-order valence-electron chi connectivity index (χ1n) is 4.56. The fraction of sp³-hybridized carbons (Fsp3) is 0.800. The molecule has 0 amide bonds. The van der Waals surface area contributed by atoms with Crippen molar-refractivity contribution in [1.82, 2.24) is 5.32 Å². The van der Waals surface area contributed by atoms with Crippen LogP contribution in [0.2, 0.25) is 0 Å². The Labute approximate surface area is 75.7 Å². The van der Waals surface area contributed by atoms with Gasteiger partial charge in [0.25, 0.3) is 0 Å². The summed E-state index contributed by atoms with van der Waals surface area (Å²) in [4.78, 5) is 0. The fourth-order valence-corrected chi connectivity index (χ4v) is 0.982. The van der Waals surface area contributed by atoms with Crippen LogP contribution in [0.25, 0.3) is 0 Å². The third kappa shape index (κ3) is 5.33. The van der Waals surface area contributed by atoms with Crippen molar-refractivity contribution in [3.63, 3.8) is 0 Å². The Balaban J connectivity index is 3.51. The lowest BCUT2D eigenvalue weighted by atomic mass is 10.1. The van der Waals surface area contributed by atoms with E-state index >= 15 is 0 Å². The molecule has 0 bridgehead atoms. The summed E-state index contributed by atoms with van der Waals surface area (Å²) >= 11 is 0. The molecule has 0 aliphatic rings. The third-order valence-electron chi connectivity index (χ3n) is 1.96. The Kier molecular flexibility index (Phi) is 6.03. The monoisotopic (exact) mass is 171 g/mol. The van der Waals surface area contributed by atoms with Gasteiger partial charge in [0.1, 0.15) is 0 Å². The summed E-state index contributed by atoms with van der Waals surface area (Å²) in [5.41, 5.74) is 1.18. The van der Waals surface area contributed by atoms with Crippen LogP contribution < -0.4 is 5.32 Å². The van der Waals surface area contributed by atoms with Gasteiger partial charge < -0.3 is 10.4 Å². The SMILES string of the molecule is C=C(C)CCN[C@H](CO)C(C)C. The van der Waals surface area contributed by atoms with E-state index in [1.807, 2.05) is 6.92 Å². The molecule has 2 N–H and O–H groups in total. The van der Waals surface area contributed by atoms with Crippen LogP contribution in [0.4, 0.5) is 0 Å². The van der Waals surface area contributed by atoms with Crippen molar-refractivity contribution in [3.8, 4) is 0 Å². The van der Waals surface area contributed by atoms with Gasteiger partial charge in [-0.2, -0.15) is 0 Å². The summed E-state index contributed by atoms with van der Waals surface area (Å²) in [6.45, 7) is 11.2. The molecule has 0 saturated heterocycles. The lowest BCUT2D eigenvalue weighted by Crippen LogP contribution is -2.37. The van der Waals surface area contributed by atoms with Gasteiger partial charge in [-0.1, -0.05) is 19.4 Å². The van der Waals surface area contributed by atoms with E-state index in [0.717, 1.165) is 13.0 Å². The quantitative estimate of drug-likeness (QED) is 0.594. The van der Waals surface area contributed by atoms with E-state index in [0.29, 0.717) is 5.92 Å². The first-order valence-corrected chi connectivity index (χ1v) is 4.56. The maximum atomic E-state index is 8.98. The molecule has 0 spiro atoms. The second-order valence-electron chi connectivity index (χ2n) is 3.69. The molecule has 12 heavy (non-hydrogen) atoms. The number of rotatable bonds is 6. The molecule has 0 fully saturated rings. The van der Waals surface area contributed by atoms with Crippen LogP contribution in [0.15, 0.2) is 12.2 Å². The van der Waals surface area contributed by atoms with Crippen LogP contribution in [0, 0.1) is 5.92 Å². The number of aliphatic hydroxyl groups excluding tert-OH is 1. The maximum absolute atomic E-state index is 8.98. The Hall–Kier alpha value is -0.340. The first kappa shape index (κ1) is 11.7.